The van der Waals surface area contributed by atoms with Crippen molar-refractivity contribution in [2.24, 2.45) is 0 Å². The van der Waals surface area contributed by atoms with Crippen molar-refractivity contribution in [1.82, 2.24) is 0 Å². The van der Waals surface area contributed by atoms with Gasteiger partial charge in [-0.15, -0.1) is 0 Å². The van der Waals surface area contributed by atoms with Gasteiger partial charge in [0.25, 0.3) is 11.7 Å². The molecule has 4 nitrogen and oxygen atoms in total. The Morgan fingerprint density at radius 3 is 2.90 bits per heavy atom. The maximum atomic E-state index is 13.4. The first-order chi connectivity index (χ1) is 10.1. The molecule has 1 aromatic carbocycles. The third-order valence-electron chi connectivity index (χ3n) is 4.15. The highest BCUT2D eigenvalue weighted by atomic mass is 19.1. The Morgan fingerprint density at radius 2 is 2.19 bits per heavy atom. The van der Waals surface area contributed by atoms with Crippen molar-refractivity contribution in [2.75, 3.05) is 18.1 Å². The van der Waals surface area contributed by atoms with Gasteiger partial charge in [0.2, 0.25) is 0 Å². The molecule has 21 heavy (non-hydrogen) atoms. The van der Waals surface area contributed by atoms with E-state index >= 15 is 0 Å². The number of rotatable bonds is 4. The lowest BCUT2D eigenvalue weighted by molar-refractivity contribution is -0.114. The molecule has 1 amide bonds. The lowest BCUT2D eigenvalue weighted by Gasteiger charge is -2.19. The zero-order chi connectivity index (χ0) is 15.0. The standard InChI is InChI=1S/C16H18FNO3/c1-10-8-11(17)9-13-14(10)18(16(20)15(13)19)6-2-4-12-5-3-7-21-12/h8-9,12H,2-7H2,1H3. The van der Waals surface area contributed by atoms with Gasteiger partial charge in [-0.05, 0) is 50.3 Å². The summed E-state index contributed by atoms with van der Waals surface area (Å²) in [6.45, 7) is 3.01. The fourth-order valence-electron chi connectivity index (χ4n) is 3.17. The topological polar surface area (TPSA) is 46.6 Å². The summed E-state index contributed by atoms with van der Waals surface area (Å²) in [5, 5.41) is 0. The molecule has 0 bridgehead atoms. The van der Waals surface area contributed by atoms with E-state index in [0.29, 0.717) is 17.8 Å². The van der Waals surface area contributed by atoms with E-state index in [9.17, 15) is 14.0 Å². The highest BCUT2D eigenvalue weighted by Gasteiger charge is 2.37. The molecule has 2 heterocycles. The molecule has 2 aliphatic rings. The Bertz CT molecular complexity index is 593. The lowest BCUT2D eigenvalue weighted by Crippen LogP contribution is -2.31. The van der Waals surface area contributed by atoms with Gasteiger partial charge in [0, 0.05) is 13.2 Å². The third-order valence-corrected chi connectivity index (χ3v) is 4.15. The number of anilines is 1. The number of ether oxygens (including phenoxy) is 1. The fourth-order valence-corrected chi connectivity index (χ4v) is 3.17. The molecule has 5 heteroatoms. The van der Waals surface area contributed by atoms with Gasteiger partial charge in [-0.1, -0.05) is 0 Å². The van der Waals surface area contributed by atoms with Gasteiger partial charge in [-0.25, -0.2) is 4.39 Å². The van der Waals surface area contributed by atoms with E-state index < -0.39 is 17.5 Å². The quantitative estimate of drug-likeness (QED) is 0.801. The van der Waals surface area contributed by atoms with Crippen LogP contribution >= 0.6 is 0 Å². The number of Topliss-reactive ketones (excluding diaryl/α,β-unsaturated/α-hetero) is 1. The normalized spacial score (nSPS) is 21.2. The molecule has 1 aromatic rings. The van der Waals surface area contributed by atoms with Gasteiger partial charge in [-0.2, -0.15) is 0 Å². The van der Waals surface area contributed by atoms with Crippen LogP contribution in [0.15, 0.2) is 12.1 Å². The molecule has 0 N–H and O–H groups in total. The number of benzene rings is 1. The van der Waals surface area contributed by atoms with Crippen molar-refractivity contribution >= 4 is 17.4 Å². The van der Waals surface area contributed by atoms with Crippen molar-refractivity contribution < 1.29 is 18.7 Å². The van der Waals surface area contributed by atoms with Crippen molar-refractivity contribution in [1.29, 1.82) is 0 Å². The summed E-state index contributed by atoms with van der Waals surface area (Å²) in [6.07, 6.45) is 4.08. The Morgan fingerprint density at radius 1 is 1.38 bits per heavy atom. The molecule has 0 aromatic heterocycles. The predicted octanol–water partition coefficient (Wildman–Crippen LogP) is 2.62. The Balaban J connectivity index is 1.74. The Hall–Kier alpha value is -1.75. The number of hydrogen-bond donors (Lipinski definition) is 0. The largest absolute Gasteiger partial charge is 0.378 e. The van der Waals surface area contributed by atoms with Gasteiger partial charge in [0.15, 0.2) is 0 Å². The van der Waals surface area contributed by atoms with Crippen LogP contribution < -0.4 is 4.90 Å². The summed E-state index contributed by atoms with van der Waals surface area (Å²) in [5.41, 5.74) is 1.38. The van der Waals surface area contributed by atoms with Crippen LogP contribution in [0.25, 0.3) is 0 Å². The number of nitrogens with zero attached hydrogens (tertiary/aromatic N) is 1. The van der Waals surface area contributed by atoms with E-state index in [1.54, 1.807) is 6.92 Å². The second-order valence-corrected chi connectivity index (χ2v) is 5.68. The highest BCUT2D eigenvalue weighted by Crippen LogP contribution is 2.33. The number of amides is 1. The molecule has 1 saturated heterocycles. The number of fused-ring (bicyclic) bond motifs is 1. The smallest absolute Gasteiger partial charge is 0.299 e. The summed E-state index contributed by atoms with van der Waals surface area (Å²) in [6, 6.07) is 2.51. The van der Waals surface area contributed by atoms with Gasteiger partial charge in [0.1, 0.15) is 5.82 Å². The SMILES string of the molecule is Cc1cc(F)cc2c1N(CCCC1CCCO1)C(=O)C2=O. The number of hydrogen-bond acceptors (Lipinski definition) is 3. The maximum absolute atomic E-state index is 13.4. The zero-order valence-corrected chi connectivity index (χ0v) is 12.0. The van der Waals surface area contributed by atoms with Crippen molar-refractivity contribution in [3.05, 3.63) is 29.1 Å². The monoisotopic (exact) mass is 291 g/mol. The second kappa shape index (κ2) is 5.56. The second-order valence-electron chi connectivity index (χ2n) is 5.68. The van der Waals surface area contributed by atoms with E-state index in [1.807, 2.05) is 0 Å². The van der Waals surface area contributed by atoms with Gasteiger partial charge in [0.05, 0.1) is 17.4 Å². The summed E-state index contributed by atoms with van der Waals surface area (Å²) >= 11 is 0. The number of halogens is 1. The average molecular weight is 291 g/mol. The minimum Gasteiger partial charge on any atom is -0.378 e. The molecule has 1 atom stereocenters. The van der Waals surface area contributed by atoms with Gasteiger partial charge in [-0.3, -0.25) is 9.59 Å². The van der Waals surface area contributed by atoms with Crippen LogP contribution in [0.5, 0.6) is 0 Å². The predicted molar refractivity (Wildman–Crippen MR) is 76.0 cm³/mol. The lowest BCUT2D eigenvalue weighted by atomic mass is 10.1. The van der Waals surface area contributed by atoms with Crippen LogP contribution in [-0.2, 0) is 9.53 Å². The van der Waals surface area contributed by atoms with E-state index in [4.69, 9.17) is 4.74 Å². The molecular weight excluding hydrogens is 273 g/mol. The van der Waals surface area contributed by atoms with Gasteiger partial charge >= 0.3 is 0 Å². The first-order valence-corrected chi connectivity index (χ1v) is 7.36. The molecule has 0 spiro atoms. The molecular formula is C16H18FNO3. The average Bonchev–Trinajstić information content (AvgIpc) is 3.02. The molecule has 0 radical (unpaired) electrons. The van der Waals surface area contributed by atoms with E-state index in [1.165, 1.54) is 11.0 Å². The molecule has 0 aliphatic carbocycles. The van der Waals surface area contributed by atoms with Crippen molar-refractivity contribution in [2.45, 2.75) is 38.7 Å². The summed E-state index contributed by atoms with van der Waals surface area (Å²) in [5.74, 6) is -1.63. The minimum absolute atomic E-state index is 0.189. The maximum Gasteiger partial charge on any atom is 0.299 e. The number of carbonyl (C=O) groups is 2. The van der Waals surface area contributed by atoms with Crippen molar-refractivity contribution in [3.8, 4) is 0 Å². The van der Waals surface area contributed by atoms with Crippen LogP contribution in [0, 0.1) is 12.7 Å². The summed E-state index contributed by atoms with van der Waals surface area (Å²) in [4.78, 5) is 25.5. The zero-order valence-electron chi connectivity index (χ0n) is 12.0. The van der Waals surface area contributed by atoms with Crippen LogP contribution in [-0.4, -0.2) is 30.9 Å². The molecule has 0 saturated carbocycles. The highest BCUT2D eigenvalue weighted by molar-refractivity contribution is 6.52. The fraction of sp³-hybridized carbons (Fsp3) is 0.500. The van der Waals surface area contributed by atoms with E-state index in [0.717, 1.165) is 38.4 Å². The molecule has 112 valence electrons. The molecule has 1 unspecified atom stereocenters. The first-order valence-electron chi connectivity index (χ1n) is 7.36. The third kappa shape index (κ3) is 2.58. The minimum atomic E-state index is -0.607. The van der Waals surface area contributed by atoms with Crippen LogP contribution in [0.2, 0.25) is 0 Å². The van der Waals surface area contributed by atoms with E-state index in [-0.39, 0.29) is 11.7 Å². The number of carbonyl (C=O) groups excluding carboxylic acids is 2. The Kier molecular flexibility index (Phi) is 3.76. The number of ketones is 1. The Labute approximate surface area is 122 Å². The molecule has 3 rings (SSSR count). The van der Waals surface area contributed by atoms with Crippen LogP contribution in [0.3, 0.4) is 0 Å². The van der Waals surface area contributed by atoms with Gasteiger partial charge < -0.3 is 9.64 Å². The van der Waals surface area contributed by atoms with Crippen molar-refractivity contribution in [3.63, 3.8) is 0 Å². The first kappa shape index (κ1) is 14.2. The summed E-state index contributed by atoms with van der Waals surface area (Å²) in [7, 11) is 0. The van der Waals surface area contributed by atoms with Crippen LogP contribution in [0.1, 0.15) is 41.6 Å². The van der Waals surface area contributed by atoms with Crippen LogP contribution in [0.4, 0.5) is 10.1 Å². The number of aryl methyl sites for hydroxylation is 1. The van der Waals surface area contributed by atoms with E-state index in [2.05, 4.69) is 0 Å². The molecule has 2 aliphatic heterocycles. The molecule has 1 fully saturated rings. The summed E-state index contributed by atoms with van der Waals surface area (Å²) < 4.78 is 19.0.